The molecular weight excluding hydrogens is 224 g/mol. The summed E-state index contributed by atoms with van der Waals surface area (Å²) >= 11 is 0. The molecule has 0 N–H and O–H groups in total. The SMILES string of the molecule is CN(C)C1CCN(C(=O)CCCC(C)(C)C)CC1. The molecule has 0 aromatic carbocycles. The summed E-state index contributed by atoms with van der Waals surface area (Å²) in [6, 6.07) is 0.656. The third-order valence-electron chi connectivity index (χ3n) is 3.86. The molecular formula is C15H30N2O. The Morgan fingerprint density at radius 3 is 2.22 bits per heavy atom. The van der Waals surface area contributed by atoms with E-state index in [2.05, 4.69) is 44.7 Å². The van der Waals surface area contributed by atoms with Crippen molar-refractivity contribution in [2.24, 2.45) is 5.41 Å². The van der Waals surface area contributed by atoms with Gasteiger partial charge >= 0.3 is 0 Å². The maximum atomic E-state index is 12.1. The molecule has 0 bridgehead atoms. The van der Waals surface area contributed by atoms with E-state index in [1.165, 1.54) is 0 Å². The van der Waals surface area contributed by atoms with Gasteiger partial charge in [0, 0.05) is 25.6 Å². The molecule has 0 radical (unpaired) electrons. The molecule has 0 saturated carbocycles. The van der Waals surface area contributed by atoms with Gasteiger partial charge in [0.1, 0.15) is 0 Å². The second kappa shape index (κ2) is 6.55. The van der Waals surface area contributed by atoms with E-state index in [0.717, 1.165) is 45.2 Å². The maximum absolute atomic E-state index is 12.1. The Morgan fingerprint density at radius 2 is 1.78 bits per heavy atom. The van der Waals surface area contributed by atoms with Crippen molar-refractivity contribution in [2.75, 3.05) is 27.2 Å². The van der Waals surface area contributed by atoms with Crippen LogP contribution in [-0.4, -0.2) is 48.9 Å². The molecule has 1 saturated heterocycles. The van der Waals surface area contributed by atoms with Crippen LogP contribution >= 0.6 is 0 Å². The second-order valence-electron chi connectivity index (χ2n) is 6.99. The van der Waals surface area contributed by atoms with Gasteiger partial charge in [-0.2, -0.15) is 0 Å². The number of carbonyl (C=O) groups is 1. The summed E-state index contributed by atoms with van der Waals surface area (Å²) in [6.07, 6.45) is 5.13. The molecule has 1 amide bonds. The number of piperidine rings is 1. The number of amides is 1. The minimum absolute atomic E-state index is 0.345. The van der Waals surface area contributed by atoms with Gasteiger partial charge in [0.25, 0.3) is 0 Å². The minimum atomic E-state index is 0.345. The molecule has 0 aromatic rings. The van der Waals surface area contributed by atoms with E-state index in [0.29, 0.717) is 17.4 Å². The summed E-state index contributed by atoms with van der Waals surface area (Å²) < 4.78 is 0. The fraction of sp³-hybridized carbons (Fsp3) is 0.933. The van der Waals surface area contributed by atoms with E-state index in [1.807, 2.05) is 0 Å². The number of nitrogens with zero attached hydrogens (tertiary/aromatic N) is 2. The van der Waals surface area contributed by atoms with Crippen molar-refractivity contribution in [3.63, 3.8) is 0 Å². The van der Waals surface area contributed by atoms with Crippen LogP contribution in [0, 0.1) is 5.41 Å². The van der Waals surface area contributed by atoms with Crippen LogP contribution in [0.4, 0.5) is 0 Å². The molecule has 106 valence electrons. The van der Waals surface area contributed by atoms with Crippen LogP contribution in [0.1, 0.15) is 52.9 Å². The van der Waals surface area contributed by atoms with Gasteiger partial charge in [-0.1, -0.05) is 20.8 Å². The molecule has 18 heavy (non-hydrogen) atoms. The largest absolute Gasteiger partial charge is 0.343 e. The highest BCUT2D eigenvalue weighted by Crippen LogP contribution is 2.22. The van der Waals surface area contributed by atoms with E-state index in [-0.39, 0.29) is 0 Å². The number of likely N-dealkylation sites (tertiary alicyclic amines) is 1. The Bertz CT molecular complexity index is 260. The molecule has 1 aliphatic heterocycles. The Labute approximate surface area is 113 Å². The molecule has 1 fully saturated rings. The van der Waals surface area contributed by atoms with Crippen molar-refractivity contribution in [1.82, 2.24) is 9.80 Å². The van der Waals surface area contributed by atoms with Crippen molar-refractivity contribution >= 4 is 5.91 Å². The van der Waals surface area contributed by atoms with Gasteiger partial charge in [-0.05, 0) is 45.2 Å². The van der Waals surface area contributed by atoms with Gasteiger partial charge in [-0.15, -0.1) is 0 Å². The maximum Gasteiger partial charge on any atom is 0.222 e. The molecule has 0 atom stereocenters. The fourth-order valence-corrected chi connectivity index (χ4v) is 2.56. The second-order valence-corrected chi connectivity index (χ2v) is 6.99. The number of carbonyl (C=O) groups excluding carboxylic acids is 1. The van der Waals surface area contributed by atoms with Gasteiger partial charge < -0.3 is 9.80 Å². The smallest absolute Gasteiger partial charge is 0.222 e. The average molecular weight is 254 g/mol. The lowest BCUT2D eigenvalue weighted by molar-refractivity contribution is -0.132. The third kappa shape index (κ3) is 5.38. The normalized spacial score (nSPS) is 18.4. The van der Waals surface area contributed by atoms with E-state index >= 15 is 0 Å². The van der Waals surface area contributed by atoms with Crippen LogP contribution < -0.4 is 0 Å². The lowest BCUT2D eigenvalue weighted by Gasteiger charge is -2.35. The van der Waals surface area contributed by atoms with Crippen LogP contribution in [0.25, 0.3) is 0 Å². The van der Waals surface area contributed by atoms with Crippen LogP contribution in [-0.2, 0) is 4.79 Å². The predicted octanol–water partition coefficient (Wildman–Crippen LogP) is 2.76. The van der Waals surface area contributed by atoms with Crippen LogP contribution in [0.3, 0.4) is 0 Å². The van der Waals surface area contributed by atoms with Crippen molar-refractivity contribution in [3.8, 4) is 0 Å². The molecule has 1 aliphatic rings. The van der Waals surface area contributed by atoms with E-state index < -0.39 is 0 Å². The van der Waals surface area contributed by atoms with Gasteiger partial charge in [0.15, 0.2) is 0 Å². The Hall–Kier alpha value is -0.570. The molecule has 0 spiro atoms. The number of hydrogen-bond donors (Lipinski definition) is 0. The molecule has 1 heterocycles. The predicted molar refractivity (Wildman–Crippen MR) is 76.6 cm³/mol. The summed E-state index contributed by atoms with van der Waals surface area (Å²) in [5, 5.41) is 0. The molecule has 3 nitrogen and oxygen atoms in total. The van der Waals surface area contributed by atoms with Crippen LogP contribution in [0.2, 0.25) is 0 Å². The minimum Gasteiger partial charge on any atom is -0.343 e. The lowest BCUT2D eigenvalue weighted by atomic mass is 9.89. The average Bonchev–Trinajstić information content (AvgIpc) is 2.27. The number of rotatable bonds is 4. The highest BCUT2D eigenvalue weighted by Gasteiger charge is 2.23. The van der Waals surface area contributed by atoms with Gasteiger partial charge in [-0.3, -0.25) is 4.79 Å². The molecule has 0 aliphatic carbocycles. The van der Waals surface area contributed by atoms with E-state index in [1.54, 1.807) is 0 Å². The summed E-state index contributed by atoms with van der Waals surface area (Å²) in [5.41, 5.74) is 0.345. The molecule has 0 aromatic heterocycles. The topological polar surface area (TPSA) is 23.6 Å². The van der Waals surface area contributed by atoms with Crippen molar-refractivity contribution in [3.05, 3.63) is 0 Å². The molecule has 0 unspecified atom stereocenters. The highest BCUT2D eigenvalue weighted by atomic mass is 16.2. The van der Waals surface area contributed by atoms with Gasteiger partial charge in [0.05, 0.1) is 0 Å². The van der Waals surface area contributed by atoms with Crippen LogP contribution in [0.5, 0.6) is 0 Å². The zero-order chi connectivity index (χ0) is 13.8. The Balaban J connectivity index is 2.24. The highest BCUT2D eigenvalue weighted by molar-refractivity contribution is 5.76. The van der Waals surface area contributed by atoms with E-state index in [9.17, 15) is 4.79 Å². The third-order valence-corrected chi connectivity index (χ3v) is 3.86. The van der Waals surface area contributed by atoms with Crippen molar-refractivity contribution < 1.29 is 4.79 Å². The standard InChI is InChI=1S/C15H30N2O/c1-15(2,3)10-6-7-14(18)17-11-8-13(9-12-17)16(4)5/h13H,6-12H2,1-5H3. The first kappa shape index (κ1) is 15.5. The monoisotopic (exact) mass is 254 g/mol. The summed E-state index contributed by atoms with van der Waals surface area (Å²) in [7, 11) is 4.26. The quantitative estimate of drug-likeness (QED) is 0.770. The number of hydrogen-bond acceptors (Lipinski definition) is 2. The zero-order valence-corrected chi connectivity index (χ0v) is 12.8. The Morgan fingerprint density at radius 1 is 1.22 bits per heavy atom. The summed E-state index contributed by atoms with van der Waals surface area (Å²) in [4.78, 5) is 16.4. The van der Waals surface area contributed by atoms with Crippen molar-refractivity contribution in [2.45, 2.75) is 58.9 Å². The summed E-state index contributed by atoms with van der Waals surface area (Å²) in [6.45, 7) is 8.59. The zero-order valence-electron chi connectivity index (χ0n) is 12.8. The molecule has 1 rings (SSSR count). The first-order chi connectivity index (χ1) is 8.29. The van der Waals surface area contributed by atoms with Gasteiger partial charge in [-0.25, -0.2) is 0 Å². The van der Waals surface area contributed by atoms with Gasteiger partial charge in [0.2, 0.25) is 5.91 Å². The van der Waals surface area contributed by atoms with Crippen LogP contribution in [0.15, 0.2) is 0 Å². The van der Waals surface area contributed by atoms with E-state index in [4.69, 9.17) is 0 Å². The first-order valence-electron chi connectivity index (χ1n) is 7.24. The fourth-order valence-electron chi connectivity index (χ4n) is 2.56. The lowest BCUT2D eigenvalue weighted by Crippen LogP contribution is -2.44. The molecule has 3 heteroatoms. The first-order valence-corrected chi connectivity index (χ1v) is 7.24. The Kier molecular flexibility index (Phi) is 5.64. The van der Waals surface area contributed by atoms with Crippen molar-refractivity contribution in [1.29, 1.82) is 0 Å². The summed E-state index contributed by atoms with van der Waals surface area (Å²) in [5.74, 6) is 0.358.